The lowest BCUT2D eigenvalue weighted by molar-refractivity contribution is 0.412. The highest BCUT2D eigenvalue weighted by Gasteiger charge is 2.15. The maximum atomic E-state index is 12.4. The molecule has 0 aliphatic heterocycles. The Bertz CT molecular complexity index is 597. The fourth-order valence-corrected chi connectivity index (χ4v) is 3.89. The molecule has 1 aromatic heterocycles. The van der Waals surface area contributed by atoms with Gasteiger partial charge in [-0.25, -0.2) is 4.79 Å². The highest BCUT2D eigenvalue weighted by atomic mass is 16.2. The van der Waals surface area contributed by atoms with Crippen LogP contribution in [-0.2, 0) is 12.8 Å². The standard InChI is InChI=1S/C20H38N4O2/c1-3-5-15(11-13-21)7-9-17-18(23-20(26)24-19(17)25)10-8-16(6-4-2)12-14-22/h15-16H,3-14,21-22H2,1-2H3,(H2,23,24,25,26). The van der Waals surface area contributed by atoms with Gasteiger partial charge in [-0.1, -0.05) is 39.5 Å². The van der Waals surface area contributed by atoms with Gasteiger partial charge in [0.25, 0.3) is 5.56 Å². The van der Waals surface area contributed by atoms with Gasteiger partial charge < -0.3 is 16.5 Å². The van der Waals surface area contributed by atoms with Gasteiger partial charge in [-0.3, -0.25) is 9.78 Å². The molecule has 6 nitrogen and oxygen atoms in total. The number of nitrogens with one attached hydrogen (secondary N) is 2. The number of hydrogen-bond donors (Lipinski definition) is 4. The minimum Gasteiger partial charge on any atom is -0.330 e. The summed E-state index contributed by atoms with van der Waals surface area (Å²) in [6, 6.07) is 0. The van der Waals surface area contributed by atoms with E-state index >= 15 is 0 Å². The third-order valence-corrected chi connectivity index (χ3v) is 5.28. The Labute approximate surface area is 157 Å². The molecular weight excluding hydrogens is 328 g/mol. The second kappa shape index (κ2) is 12.9. The first-order valence-electron chi connectivity index (χ1n) is 10.3. The number of aryl methyl sites for hydroxylation is 1. The summed E-state index contributed by atoms with van der Waals surface area (Å²) in [6.07, 6.45) is 9.81. The summed E-state index contributed by atoms with van der Waals surface area (Å²) >= 11 is 0. The van der Waals surface area contributed by atoms with E-state index in [1.165, 1.54) is 0 Å². The van der Waals surface area contributed by atoms with Gasteiger partial charge in [-0.2, -0.15) is 0 Å². The zero-order valence-electron chi connectivity index (χ0n) is 16.6. The molecule has 0 aliphatic carbocycles. The quantitative estimate of drug-likeness (QED) is 0.404. The topological polar surface area (TPSA) is 118 Å². The summed E-state index contributed by atoms with van der Waals surface area (Å²) in [5.74, 6) is 1.08. The Hall–Kier alpha value is -1.40. The molecule has 1 heterocycles. The molecule has 150 valence electrons. The Morgan fingerprint density at radius 3 is 1.81 bits per heavy atom. The second-order valence-corrected chi connectivity index (χ2v) is 7.41. The lowest BCUT2D eigenvalue weighted by Gasteiger charge is -2.17. The van der Waals surface area contributed by atoms with E-state index in [2.05, 4.69) is 23.8 Å². The molecule has 0 spiro atoms. The average Bonchev–Trinajstić information content (AvgIpc) is 2.59. The summed E-state index contributed by atoms with van der Waals surface area (Å²) in [5, 5.41) is 0. The Morgan fingerprint density at radius 2 is 1.31 bits per heavy atom. The van der Waals surface area contributed by atoms with E-state index in [1.807, 2.05) is 0 Å². The van der Waals surface area contributed by atoms with Crippen LogP contribution < -0.4 is 22.7 Å². The normalized spacial score (nSPS) is 13.7. The molecule has 6 N–H and O–H groups in total. The van der Waals surface area contributed by atoms with Crippen molar-refractivity contribution in [1.82, 2.24) is 9.97 Å². The van der Waals surface area contributed by atoms with Crippen LogP contribution in [0.25, 0.3) is 0 Å². The monoisotopic (exact) mass is 366 g/mol. The smallest absolute Gasteiger partial charge is 0.325 e. The molecule has 6 heteroatoms. The Balaban J connectivity index is 2.87. The molecule has 0 amide bonds. The van der Waals surface area contributed by atoms with Crippen molar-refractivity contribution in [2.75, 3.05) is 13.1 Å². The third-order valence-electron chi connectivity index (χ3n) is 5.28. The van der Waals surface area contributed by atoms with Gasteiger partial charge in [-0.05, 0) is 63.5 Å². The zero-order chi connectivity index (χ0) is 19.4. The van der Waals surface area contributed by atoms with Gasteiger partial charge in [0.2, 0.25) is 0 Å². The van der Waals surface area contributed by atoms with Gasteiger partial charge in [0.15, 0.2) is 0 Å². The van der Waals surface area contributed by atoms with Crippen molar-refractivity contribution < 1.29 is 0 Å². The molecule has 26 heavy (non-hydrogen) atoms. The van der Waals surface area contributed by atoms with Crippen molar-refractivity contribution in [3.63, 3.8) is 0 Å². The molecule has 0 radical (unpaired) electrons. The van der Waals surface area contributed by atoms with E-state index in [0.29, 0.717) is 31.3 Å². The fourth-order valence-electron chi connectivity index (χ4n) is 3.89. The fraction of sp³-hybridized carbons (Fsp3) is 0.800. The predicted octanol–water partition coefficient (Wildman–Crippen LogP) is 2.46. The molecule has 0 aromatic carbocycles. The van der Waals surface area contributed by atoms with Crippen LogP contribution in [-0.4, -0.2) is 23.1 Å². The number of rotatable bonds is 14. The minimum absolute atomic E-state index is 0.238. The molecule has 0 fully saturated rings. The molecule has 0 aliphatic rings. The van der Waals surface area contributed by atoms with Crippen LogP contribution in [0.4, 0.5) is 0 Å². The van der Waals surface area contributed by atoms with Gasteiger partial charge in [-0.15, -0.1) is 0 Å². The summed E-state index contributed by atoms with van der Waals surface area (Å²) in [6.45, 7) is 5.71. The third kappa shape index (κ3) is 7.87. The summed E-state index contributed by atoms with van der Waals surface area (Å²) < 4.78 is 0. The first-order chi connectivity index (χ1) is 12.5. The lowest BCUT2D eigenvalue weighted by atomic mass is 9.90. The number of hydrogen-bond acceptors (Lipinski definition) is 4. The van der Waals surface area contributed by atoms with Crippen LogP contribution in [0, 0.1) is 11.8 Å². The average molecular weight is 367 g/mol. The van der Waals surface area contributed by atoms with Gasteiger partial charge in [0.05, 0.1) is 0 Å². The lowest BCUT2D eigenvalue weighted by Crippen LogP contribution is -2.29. The van der Waals surface area contributed by atoms with Crippen LogP contribution in [0.2, 0.25) is 0 Å². The summed E-state index contributed by atoms with van der Waals surface area (Å²) in [4.78, 5) is 29.4. The molecular formula is C20H38N4O2. The molecule has 2 unspecified atom stereocenters. The SMILES string of the molecule is CCCC(CCN)CCc1[nH]c(=O)[nH]c(=O)c1CCC(CCC)CCN. The van der Waals surface area contributed by atoms with Gasteiger partial charge in [0, 0.05) is 11.3 Å². The van der Waals surface area contributed by atoms with Crippen molar-refractivity contribution >= 4 is 0 Å². The second-order valence-electron chi connectivity index (χ2n) is 7.41. The zero-order valence-corrected chi connectivity index (χ0v) is 16.6. The van der Waals surface area contributed by atoms with E-state index in [9.17, 15) is 9.59 Å². The highest BCUT2D eigenvalue weighted by molar-refractivity contribution is 5.17. The van der Waals surface area contributed by atoms with Crippen LogP contribution >= 0.6 is 0 Å². The van der Waals surface area contributed by atoms with E-state index in [0.717, 1.165) is 69.0 Å². The first-order valence-corrected chi connectivity index (χ1v) is 10.3. The summed E-state index contributed by atoms with van der Waals surface area (Å²) in [7, 11) is 0. The Morgan fingerprint density at radius 1 is 0.769 bits per heavy atom. The largest absolute Gasteiger partial charge is 0.330 e. The maximum Gasteiger partial charge on any atom is 0.325 e. The van der Waals surface area contributed by atoms with Crippen molar-refractivity contribution in [1.29, 1.82) is 0 Å². The van der Waals surface area contributed by atoms with Crippen molar-refractivity contribution in [2.45, 2.75) is 78.1 Å². The van der Waals surface area contributed by atoms with Crippen molar-refractivity contribution in [2.24, 2.45) is 23.3 Å². The van der Waals surface area contributed by atoms with E-state index < -0.39 is 5.69 Å². The minimum atomic E-state index is -0.410. The maximum absolute atomic E-state index is 12.4. The number of nitrogens with two attached hydrogens (primary N) is 2. The molecule has 2 atom stereocenters. The van der Waals surface area contributed by atoms with E-state index in [4.69, 9.17) is 11.5 Å². The number of aromatic amines is 2. The first kappa shape index (κ1) is 22.6. The van der Waals surface area contributed by atoms with Crippen LogP contribution in [0.3, 0.4) is 0 Å². The van der Waals surface area contributed by atoms with Crippen molar-refractivity contribution in [3.05, 3.63) is 32.1 Å². The molecule has 1 aromatic rings. The molecule has 1 rings (SSSR count). The van der Waals surface area contributed by atoms with E-state index in [-0.39, 0.29) is 5.56 Å². The van der Waals surface area contributed by atoms with Crippen LogP contribution in [0.5, 0.6) is 0 Å². The van der Waals surface area contributed by atoms with Gasteiger partial charge >= 0.3 is 5.69 Å². The van der Waals surface area contributed by atoms with E-state index in [1.54, 1.807) is 0 Å². The molecule has 0 saturated heterocycles. The van der Waals surface area contributed by atoms with Crippen molar-refractivity contribution in [3.8, 4) is 0 Å². The van der Waals surface area contributed by atoms with Crippen LogP contribution in [0.15, 0.2) is 9.59 Å². The van der Waals surface area contributed by atoms with Gasteiger partial charge in [0.1, 0.15) is 0 Å². The Kier molecular flexibility index (Phi) is 11.2. The number of H-pyrrole nitrogens is 2. The molecule has 0 bridgehead atoms. The highest BCUT2D eigenvalue weighted by Crippen LogP contribution is 2.20. The van der Waals surface area contributed by atoms with Crippen LogP contribution in [0.1, 0.15) is 76.5 Å². The summed E-state index contributed by atoms with van der Waals surface area (Å²) in [5.41, 5.74) is 12.3. The number of aromatic nitrogens is 2. The molecule has 0 saturated carbocycles. The predicted molar refractivity (Wildman–Crippen MR) is 108 cm³/mol.